The summed E-state index contributed by atoms with van der Waals surface area (Å²) in [6, 6.07) is 16.8. The highest BCUT2D eigenvalue weighted by Crippen LogP contribution is 2.17. The Hall–Kier alpha value is -2.68. The molecule has 0 saturated carbocycles. The van der Waals surface area contributed by atoms with Crippen LogP contribution in [0.25, 0.3) is 16.8 Å². The smallest absolute Gasteiger partial charge is 0.255 e. The summed E-state index contributed by atoms with van der Waals surface area (Å²) in [5.74, 6) is 0. The van der Waals surface area contributed by atoms with Gasteiger partial charge in [-0.2, -0.15) is 0 Å². The van der Waals surface area contributed by atoms with E-state index in [1.54, 1.807) is 23.0 Å². The van der Waals surface area contributed by atoms with Crippen molar-refractivity contribution in [3.05, 3.63) is 83.5 Å². The molecule has 2 aromatic heterocycles. The molecule has 2 heterocycles. The second-order valence-corrected chi connectivity index (χ2v) is 4.20. The summed E-state index contributed by atoms with van der Waals surface area (Å²) in [4.78, 5) is 16.0. The van der Waals surface area contributed by atoms with Crippen molar-refractivity contribution in [1.82, 2.24) is 9.55 Å². The van der Waals surface area contributed by atoms with Crippen LogP contribution in [0.2, 0.25) is 0 Å². The fourth-order valence-corrected chi connectivity index (χ4v) is 1.98. The van der Waals surface area contributed by atoms with Crippen molar-refractivity contribution in [1.29, 1.82) is 0 Å². The topological polar surface area (TPSA) is 34.9 Å². The first-order valence-electron chi connectivity index (χ1n) is 6.03. The lowest BCUT2D eigenvalue weighted by atomic mass is 10.1. The summed E-state index contributed by atoms with van der Waals surface area (Å²) in [6.07, 6.45) is 5.36. The van der Waals surface area contributed by atoms with E-state index in [9.17, 15) is 4.79 Å². The summed E-state index contributed by atoms with van der Waals surface area (Å²) in [6.45, 7) is 0. The van der Waals surface area contributed by atoms with Gasteiger partial charge in [0, 0.05) is 41.5 Å². The average molecular weight is 248 g/mol. The standard InChI is InChI=1S/C16H12N2O/c19-16-9-8-14(13-5-4-10-17-11-13)12-18(16)15-6-2-1-3-7-15/h1-12H. The van der Waals surface area contributed by atoms with E-state index in [0.29, 0.717) is 0 Å². The third kappa shape index (κ3) is 2.31. The Morgan fingerprint density at radius 1 is 0.842 bits per heavy atom. The van der Waals surface area contributed by atoms with Crippen molar-refractivity contribution in [3.8, 4) is 16.8 Å². The van der Waals surface area contributed by atoms with Gasteiger partial charge in [-0.15, -0.1) is 0 Å². The molecule has 0 atom stereocenters. The normalized spacial score (nSPS) is 10.3. The largest absolute Gasteiger partial charge is 0.284 e. The van der Waals surface area contributed by atoms with Gasteiger partial charge in [0.2, 0.25) is 0 Å². The van der Waals surface area contributed by atoms with Crippen molar-refractivity contribution < 1.29 is 0 Å². The molecule has 1 aromatic carbocycles. The second-order valence-electron chi connectivity index (χ2n) is 4.20. The minimum atomic E-state index is -0.0427. The number of benzene rings is 1. The van der Waals surface area contributed by atoms with E-state index in [0.717, 1.165) is 16.8 Å². The van der Waals surface area contributed by atoms with Gasteiger partial charge in [-0.1, -0.05) is 24.3 Å². The number of rotatable bonds is 2. The minimum absolute atomic E-state index is 0.0427. The molecule has 0 aliphatic rings. The van der Waals surface area contributed by atoms with E-state index in [-0.39, 0.29) is 5.56 Å². The van der Waals surface area contributed by atoms with Gasteiger partial charge < -0.3 is 0 Å². The van der Waals surface area contributed by atoms with Gasteiger partial charge in [0.1, 0.15) is 0 Å². The van der Waals surface area contributed by atoms with Crippen molar-refractivity contribution in [3.63, 3.8) is 0 Å². The third-order valence-corrected chi connectivity index (χ3v) is 2.94. The van der Waals surface area contributed by atoms with E-state index in [1.807, 2.05) is 54.7 Å². The van der Waals surface area contributed by atoms with E-state index >= 15 is 0 Å². The van der Waals surface area contributed by atoms with Gasteiger partial charge in [0.05, 0.1) is 0 Å². The predicted molar refractivity (Wildman–Crippen MR) is 75.3 cm³/mol. The molecule has 0 spiro atoms. The van der Waals surface area contributed by atoms with Crippen LogP contribution in [-0.4, -0.2) is 9.55 Å². The van der Waals surface area contributed by atoms with Crippen molar-refractivity contribution in [2.45, 2.75) is 0 Å². The summed E-state index contributed by atoms with van der Waals surface area (Å²) in [5.41, 5.74) is 2.78. The Balaban J connectivity index is 2.15. The van der Waals surface area contributed by atoms with Gasteiger partial charge in [-0.05, 0) is 24.3 Å². The zero-order valence-corrected chi connectivity index (χ0v) is 10.2. The fraction of sp³-hybridized carbons (Fsp3) is 0. The maximum Gasteiger partial charge on any atom is 0.255 e. The summed E-state index contributed by atoms with van der Waals surface area (Å²) < 4.78 is 1.64. The van der Waals surface area contributed by atoms with Crippen molar-refractivity contribution in [2.24, 2.45) is 0 Å². The Kier molecular flexibility index (Phi) is 2.94. The van der Waals surface area contributed by atoms with Crippen LogP contribution in [0.5, 0.6) is 0 Å². The van der Waals surface area contributed by atoms with Crippen LogP contribution in [0.15, 0.2) is 78.0 Å². The molecule has 92 valence electrons. The highest BCUT2D eigenvalue weighted by molar-refractivity contribution is 5.61. The van der Waals surface area contributed by atoms with Crippen LogP contribution in [0.3, 0.4) is 0 Å². The number of aromatic nitrogens is 2. The molecule has 3 aromatic rings. The molecule has 0 unspecified atom stereocenters. The zero-order chi connectivity index (χ0) is 13.1. The number of hydrogen-bond donors (Lipinski definition) is 0. The molecule has 0 aliphatic heterocycles. The van der Waals surface area contributed by atoms with E-state index in [2.05, 4.69) is 4.98 Å². The van der Waals surface area contributed by atoms with Crippen LogP contribution in [0.4, 0.5) is 0 Å². The monoisotopic (exact) mass is 248 g/mol. The third-order valence-electron chi connectivity index (χ3n) is 2.94. The Morgan fingerprint density at radius 3 is 2.42 bits per heavy atom. The van der Waals surface area contributed by atoms with Crippen molar-refractivity contribution in [2.75, 3.05) is 0 Å². The molecule has 19 heavy (non-hydrogen) atoms. The lowest BCUT2D eigenvalue weighted by Gasteiger charge is -2.08. The Bertz CT molecular complexity index is 733. The summed E-state index contributed by atoms with van der Waals surface area (Å²) in [5, 5.41) is 0. The molecule has 0 aliphatic carbocycles. The SMILES string of the molecule is O=c1ccc(-c2cccnc2)cn1-c1ccccc1. The Morgan fingerprint density at radius 2 is 1.68 bits per heavy atom. The first-order valence-corrected chi connectivity index (χ1v) is 6.03. The molecular formula is C16H12N2O. The van der Waals surface area contributed by atoms with Crippen LogP contribution in [-0.2, 0) is 0 Å². The average Bonchev–Trinajstić information content (AvgIpc) is 2.49. The molecule has 3 rings (SSSR count). The van der Waals surface area contributed by atoms with E-state index in [1.165, 1.54) is 0 Å². The van der Waals surface area contributed by atoms with E-state index < -0.39 is 0 Å². The van der Waals surface area contributed by atoms with Gasteiger partial charge in [-0.25, -0.2) is 0 Å². The zero-order valence-electron chi connectivity index (χ0n) is 10.2. The maximum atomic E-state index is 12.0. The molecule has 3 nitrogen and oxygen atoms in total. The highest BCUT2D eigenvalue weighted by atomic mass is 16.1. The molecule has 3 heteroatoms. The predicted octanol–water partition coefficient (Wildman–Crippen LogP) is 2.90. The first-order chi connectivity index (χ1) is 9.34. The van der Waals surface area contributed by atoms with Crippen LogP contribution in [0, 0.1) is 0 Å². The number of hydrogen-bond acceptors (Lipinski definition) is 2. The molecule has 0 amide bonds. The highest BCUT2D eigenvalue weighted by Gasteiger charge is 2.02. The summed E-state index contributed by atoms with van der Waals surface area (Å²) >= 11 is 0. The number of para-hydroxylation sites is 1. The van der Waals surface area contributed by atoms with Crippen LogP contribution in [0.1, 0.15) is 0 Å². The van der Waals surface area contributed by atoms with Crippen LogP contribution >= 0.6 is 0 Å². The second kappa shape index (κ2) is 4.90. The van der Waals surface area contributed by atoms with Gasteiger partial charge in [0.25, 0.3) is 5.56 Å². The lowest BCUT2D eigenvalue weighted by Crippen LogP contribution is -2.16. The first kappa shape index (κ1) is 11.4. The van der Waals surface area contributed by atoms with E-state index in [4.69, 9.17) is 0 Å². The number of pyridine rings is 2. The van der Waals surface area contributed by atoms with Crippen molar-refractivity contribution >= 4 is 0 Å². The van der Waals surface area contributed by atoms with Gasteiger partial charge in [0.15, 0.2) is 0 Å². The van der Waals surface area contributed by atoms with Gasteiger partial charge in [-0.3, -0.25) is 14.3 Å². The van der Waals surface area contributed by atoms with Gasteiger partial charge >= 0.3 is 0 Å². The minimum Gasteiger partial charge on any atom is -0.284 e. The molecule has 0 fully saturated rings. The maximum absolute atomic E-state index is 12.0. The Labute approximate surface area is 110 Å². The molecule has 0 bridgehead atoms. The fourth-order valence-electron chi connectivity index (χ4n) is 1.98. The van der Waals surface area contributed by atoms with Crippen LogP contribution < -0.4 is 5.56 Å². The summed E-state index contributed by atoms with van der Waals surface area (Å²) in [7, 11) is 0. The quantitative estimate of drug-likeness (QED) is 0.699. The molecular weight excluding hydrogens is 236 g/mol. The molecule has 0 N–H and O–H groups in total. The lowest BCUT2D eigenvalue weighted by molar-refractivity contribution is 0.992. The number of nitrogens with zero attached hydrogens (tertiary/aromatic N) is 2. The molecule has 0 radical (unpaired) electrons. The molecule has 0 saturated heterocycles.